The molecule has 0 aliphatic heterocycles. The monoisotopic (exact) mass is 261 g/mol. The maximum Gasteiger partial charge on any atom is 0.130 e. The van der Waals surface area contributed by atoms with Crippen molar-refractivity contribution in [2.24, 2.45) is 0 Å². The molecular formula is C15H19NO3. The third-order valence-corrected chi connectivity index (χ3v) is 2.81. The molecule has 4 heteroatoms. The molecular weight excluding hydrogens is 242 g/mol. The van der Waals surface area contributed by atoms with Gasteiger partial charge in [0.05, 0.1) is 18.4 Å². The Kier molecular flexibility index (Phi) is 3.79. The smallest absolute Gasteiger partial charge is 0.130 e. The number of hydrogen-bond donors (Lipinski definition) is 0. The zero-order valence-electron chi connectivity index (χ0n) is 11.8. The molecule has 0 radical (unpaired) electrons. The van der Waals surface area contributed by atoms with Gasteiger partial charge in [0.15, 0.2) is 0 Å². The molecule has 1 heterocycles. The van der Waals surface area contributed by atoms with Gasteiger partial charge >= 0.3 is 0 Å². The highest BCUT2D eigenvalue weighted by Gasteiger charge is 2.22. The van der Waals surface area contributed by atoms with Gasteiger partial charge in [0, 0.05) is 5.41 Å². The van der Waals surface area contributed by atoms with E-state index in [4.69, 9.17) is 14.0 Å². The topological polar surface area (TPSA) is 44.5 Å². The van der Waals surface area contributed by atoms with Gasteiger partial charge < -0.3 is 14.0 Å². The van der Waals surface area contributed by atoms with E-state index in [0.717, 1.165) is 22.8 Å². The summed E-state index contributed by atoms with van der Waals surface area (Å²) in [6.45, 7) is 6.74. The van der Waals surface area contributed by atoms with Crippen molar-refractivity contribution in [3.8, 4) is 11.5 Å². The highest BCUT2D eigenvalue weighted by atomic mass is 16.5. The summed E-state index contributed by atoms with van der Waals surface area (Å²) in [4.78, 5) is 0. The van der Waals surface area contributed by atoms with E-state index in [1.807, 2.05) is 24.3 Å². The largest absolute Gasteiger partial charge is 0.497 e. The van der Waals surface area contributed by atoms with Gasteiger partial charge in [0.25, 0.3) is 0 Å². The van der Waals surface area contributed by atoms with Crippen LogP contribution in [-0.2, 0) is 12.0 Å². The molecule has 0 N–H and O–H groups in total. The fourth-order valence-electron chi connectivity index (χ4n) is 1.81. The molecule has 0 amide bonds. The predicted octanol–water partition coefficient (Wildman–Crippen LogP) is 3.56. The summed E-state index contributed by atoms with van der Waals surface area (Å²) in [5, 5.41) is 4.05. The molecule has 0 spiro atoms. The standard InChI is InChI=1S/C15H19NO3/c1-15(2,3)14-11(10-19-16-14)9-18-13-7-5-12(17-4)6-8-13/h5-8,10H,9H2,1-4H3. The van der Waals surface area contributed by atoms with E-state index in [2.05, 4.69) is 25.9 Å². The Balaban J connectivity index is 2.04. The van der Waals surface area contributed by atoms with Gasteiger partial charge in [-0.25, -0.2) is 0 Å². The van der Waals surface area contributed by atoms with Gasteiger partial charge in [-0.2, -0.15) is 0 Å². The molecule has 0 bridgehead atoms. The van der Waals surface area contributed by atoms with E-state index in [1.54, 1.807) is 13.4 Å². The summed E-state index contributed by atoms with van der Waals surface area (Å²) in [6, 6.07) is 7.49. The minimum absolute atomic E-state index is 0.0500. The van der Waals surface area contributed by atoms with E-state index in [-0.39, 0.29) is 5.41 Å². The van der Waals surface area contributed by atoms with Crippen molar-refractivity contribution in [2.75, 3.05) is 7.11 Å². The lowest BCUT2D eigenvalue weighted by Gasteiger charge is -2.16. The summed E-state index contributed by atoms with van der Waals surface area (Å²) >= 11 is 0. The fourth-order valence-corrected chi connectivity index (χ4v) is 1.81. The molecule has 0 fully saturated rings. The third kappa shape index (κ3) is 3.28. The molecule has 0 saturated carbocycles. The normalized spacial score (nSPS) is 11.4. The first-order valence-electron chi connectivity index (χ1n) is 6.21. The van der Waals surface area contributed by atoms with Gasteiger partial charge in [-0.1, -0.05) is 25.9 Å². The Morgan fingerprint density at radius 3 is 2.32 bits per heavy atom. The first kappa shape index (κ1) is 13.5. The van der Waals surface area contributed by atoms with Crippen LogP contribution in [0.3, 0.4) is 0 Å². The molecule has 2 rings (SSSR count). The van der Waals surface area contributed by atoms with Crippen molar-refractivity contribution in [1.29, 1.82) is 0 Å². The second-order valence-corrected chi connectivity index (χ2v) is 5.40. The zero-order chi connectivity index (χ0) is 13.9. The molecule has 102 valence electrons. The van der Waals surface area contributed by atoms with Crippen LogP contribution < -0.4 is 9.47 Å². The van der Waals surface area contributed by atoms with Gasteiger partial charge in [-0.3, -0.25) is 0 Å². The zero-order valence-corrected chi connectivity index (χ0v) is 11.8. The number of nitrogens with zero attached hydrogens (tertiary/aromatic N) is 1. The summed E-state index contributed by atoms with van der Waals surface area (Å²) in [5.41, 5.74) is 1.86. The molecule has 0 aliphatic carbocycles. The van der Waals surface area contributed by atoms with E-state index in [9.17, 15) is 0 Å². The van der Waals surface area contributed by atoms with Crippen LogP contribution in [0.15, 0.2) is 35.1 Å². The molecule has 1 aromatic carbocycles. The highest BCUT2D eigenvalue weighted by molar-refractivity contribution is 5.31. The number of ether oxygens (including phenoxy) is 2. The SMILES string of the molecule is COc1ccc(OCc2conc2C(C)(C)C)cc1. The average Bonchev–Trinajstić information content (AvgIpc) is 2.85. The summed E-state index contributed by atoms with van der Waals surface area (Å²) in [7, 11) is 1.64. The molecule has 0 unspecified atom stereocenters. The molecule has 0 saturated heterocycles. The molecule has 19 heavy (non-hydrogen) atoms. The number of rotatable bonds is 4. The van der Waals surface area contributed by atoms with Crippen molar-refractivity contribution in [3.05, 3.63) is 41.8 Å². The Bertz CT molecular complexity index is 523. The maximum atomic E-state index is 5.73. The maximum absolute atomic E-state index is 5.73. The lowest BCUT2D eigenvalue weighted by atomic mass is 9.90. The Morgan fingerprint density at radius 2 is 1.74 bits per heavy atom. The van der Waals surface area contributed by atoms with Crippen LogP contribution in [0.2, 0.25) is 0 Å². The van der Waals surface area contributed by atoms with E-state index >= 15 is 0 Å². The lowest BCUT2D eigenvalue weighted by Crippen LogP contribution is -2.15. The number of methoxy groups -OCH3 is 1. The minimum Gasteiger partial charge on any atom is -0.497 e. The number of benzene rings is 1. The van der Waals surface area contributed by atoms with E-state index in [1.165, 1.54) is 0 Å². The molecule has 4 nitrogen and oxygen atoms in total. The first-order valence-corrected chi connectivity index (χ1v) is 6.21. The average molecular weight is 261 g/mol. The molecule has 0 atom stereocenters. The van der Waals surface area contributed by atoms with Crippen molar-refractivity contribution in [2.45, 2.75) is 32.8 Å². The summed E-state index contributed by atoms with van der Waals surface area (Å²) < 4.78 is 15.9. The predicted molar refractivity (Wildman–Crippen MR) is 72.5 cm³/mol. The number of hydrogen-bond acceptors (Lipinski definition) is 4. The van der Waals surface area contributed by atoms with Crippen LogP contribution >= 0.6 is 0 Å². The van der Waals surface area contributed by atoms with E-state index < -0.39 is 0 Å². The number of aromatic nitrogens is 1. The summed E-state index contributed by atoms with van der Waals surface area (Å²) in [6.07, 6.45) is 1.64. The van der Waals surface area contributed by atoms with Crippen molar-refractivity contribution < 1.29 is 14.0 Å². The Morgan fingerprint density at radius 1 is 1.11 bits per heavy atom. The van der Waals surface area contributed by atoms with Crippen LogP contribution in [0, 0.1) is 0 Å². The van der Waals surface area contributed by atoms with Crippen molar-refractivity contribution in [1.82, 2.24) is 5.16 Å². The Hall–Kier alpha value is -1.97. The van der Waals surface area contributed by atoms with Crippen LogP contribution in [0.4, 0.5) is 0 Å². The van der Waals surface area contributed by atoms with Crippen LogP contribution in [0.5, 0.6) is 11.5 Å². The first-order chi connectivity index (χ1) is 9.00. The molecule has 0 aliphatic rings. The van der Waals surface area contributed by atoms with Crippen LogP contribution in [-0.4, -0.2) is 12.3 Å². The van der Waals surface area contributed by atoms with Crippen molar-refractivity contribution in [3.63, 3.8) is 0 Å². The molecule has 1 aromatic heterocycles. The second kappa shape index (κ2) is 5.34. The fraction of sp³-hybridized carbons (Fsp3) is 0.400. The van der Waals surface area contributed by atoms with E-state index in [0.29, 0.717) is 6.61 Å². The lowest BCUT2D eigenvalue weighted by molar-refractivity contribution is 0.301. The van der Waals surface area contributed by atoms with Gasteiger partial charge in [0.2, 0.25) is 0 Å². The van der Waals surface area contributed by atoms with Crippen molar-refractivity contribution >= 4 is 0 Å². The third-order valence-electron chi connectivity index (χ3n) is 2.81. The quantitative estimate of drug-likeness (QED) is 0.844. The van der Waals surface area contributed by atoms with Gasteiger partial charge in [-0.15, -0.1) is 0 Å². The van der Waals surface area contributed by atoms with Gasteiger partial charge in [-0.05, 0) is 24.3 Å². The summed E-state index contributed by atoms with van der Waals surface area (Å²) in [5.74, 6) is 1.61. The van der Waals surface area contributed by atoms with Crippen LogP contribution in [0.25, 0.3) is 0 Å². The highest BCUT2D eigenvalue weighted by Crippen LogP contribution is 2.25. The van der Waals surface area contributed by atoms with Crippen LogP contribution in [0.1, 0.15) is 32.0 Å². The molecule has 2 aromatic rings. The minimum atomic E-state index is -0.0500. The van der Waals surface area contributed by atoms with Gasteiger partial charge in [0.1, 0.15) is 24.4 Å². The second-order valence-electron chi connectivity index (χ2n) is 5.40. The Labute approximate surface area is 113 Å².